The molecule has 0 spiro atoms. The number of amides is 1. The van der Waals surface area contributed by atoms with Crippen molar-refractivity contribution in [1.82, 2.24) is 9.88 Å². The van der Waals surface area contributed by atoms with Gasteiger partial charge in [-0.05, 0) is 31.2 Å². The van der Waals surface area contributed by atoms with Gasteiger partial charge in [0, 0.05) is 31.9 Å². The lowest BCUT2D eigenvalue weighted by Crippen LogP contribution is -2.52. The Morgan fingerprint density at radius 1 is 1.04 bits per heavy atom. The van der Waals surface area contributed by atoms with E-state index < -0.39 is 0 Å². The summed E-state index contributed by atoms with van der Waals surface area (Å²) < 4.78 is 1.09. The summed E-state index contributed by atoms with van der Waals surface area (Å²) >= 11 is 1.52. The zero-order valence-corrected chi connectivity index (χ0v) is 15.6. The molecule has 5 nitrogen and oxygen atoms in total. The Hall–Kier alpha value is -2.44. The van der Waals surface area contributed by atoms with E-state index in [1.165, 1.54) is 17.0 Å². The molecule has 0 saturated carbocycles. The molecular formula is C20H22N4OS. The Balaban J connectivity index is 1.35. The van der Waals surface area contributed by atoms with Gasteiger partial charge in [0.25, 0.3) is 0 Å². The van der Waals surface area contributed by atoms with Gasteiger partial charge in [-0.1, -0.05) is 41.7 Å². The van der Waals surface area contributed by atoms with Crippen molar-refractivity contribution < 1.29 is 4.79 Å². The number of nitrogens with zero attached hydrogens (tertiary/aromatic N) is 3. The third-order valence-corrected chi connectivity index (χ3v) is 5.84. The number of hydrogen-bond acceptors (Lipinski definition) is 5. The highest BCUT2D eigenvalue weighted by Gasteiger charge is 2.26. The molecule has 0 unspecified atom stereocenters. The molecule has 4 rings (SSSR count). The average molecular weight is 366 g/mol. The maximum Gasteiger partial charge on any atom is 0.243 e. The van der Waals surface area contributed by atoms with Crippen molar-refractivity contribution in [2.45, 2.75) is 13.0 Å². The molecule has 134 valence electrons. The smallest absolute Gasteiger partial charge is 0.243 e. The normalized spacial score (nSPS) is 16.6. The number of benzene rings is 2. The van der Waals surface area contributed by atoms with Gasteiger partial charge in [0.1, 0.15) is 0 Å². The van der Waals surface area contributed by atoms with Crippen molar-refractivity contribution in [3.8, 4) is 0 Å². The van der Waals surface area contributed by atoms with Crippen LogP contribution in [0.25, 0.3) is 10.2 Å². The number of piperazine rings is 1. The van der Waals surface area contributed by atoms with Crippen LogP contribution in [0.15, 0.2) is 54.6 Å². The second-order valence-corrected chi connectivity index (χ2v) is 7.54. The lowest BCUT2D eigenvalue weighted by atomic mass is 10.2. The molecule has 1 aliphatic rings. The molecule has 0 radical (unpaired) electrons. The molecule has 1 N–H and O–H groups in total. The summed E-state index contributed by atoms with van der Waals surface area (Å²) in [4.78, 5) is 21.7. The predicted molar refractivity (Wildman–Crippen MR) is 108 cm³/mol. The Morgan fingerprint density at radius 3 is 2.46 bits per heavy atom. The van der Waals surface area contributed by atoms with E-state index in [9.17, 15) is 4.79 Å². The van der Waals surface area contributed by atoms with E-state index in [0.29, 0.717) is 5.13 Å². The van der Waals surface area contributed by atoms with Gasteiger partial charge in [-0.15, -0.1) is 0 Å². The number of aromatic nitrogens is 1. The molecule has 26 heavy (non-hydrogen) atoms. The number of fused-ring (bicyclic) bond motifs is 1. The van der Waals surface area contributed by atoms with Crippen molar-refractivity contribution in [2.75, 3.05) is 36.4 Å². The van der Waals surface area contributed by atoms with Crippen LogP contribution < -0.4 is 10.2 Å². The van der Waals surface area contributed by atoms with Crippen molar-refractivity contribution >= 4 is 38.3 Å². The molecule has 1 atom stereocenters. The maximum absolute atomic E-state index is 12.6. The Kier molecular flexibility index (Phi) is 4.86. The number of rotatable bonds is 4. The summed E-state index contributed by atoms with van der Waals surface area (Å²) in [5.41, 5.74) is 2.18. The van der Waals surface area contributed by atoms with Gasteiger partial charge in [-0.3, -0.25) is 9.69 Å². The van der Waals surface area contributed by atoms with E-state index >= 15 is 0 Å². The van der Waals surface area contributed by atoms with Crippen LogP contribution in [0.3, 0.4) is 0 Å². The molecule has 0 bridgehead atoms. The lowest BCUT2D eigenvalue weighted by Gasteiger charge is -2.38. The van der Waals surface area contributed by atoms with E-state index in [1.54, 1.807) is 0 Å². The number of anilines is 2. The van der Waals surface area contributed by atoms with E-state index in [0.717, 1.165) is 36.4 Å². The fourth-order valence-electron chi connectivity index (χ4n) is 3.31. The van der Waals surface area contributed by atoms with Gasteiger partial charge in [-0.2, -0.15) is 0 Å². The molecule has 0 aliphatic carbocycles. The molecule has 1 aliphatic heterocycles. The molecular weight excluding hydrogens is 344 g/mol. The highest BCUT2D eigenvalue weighted by molar-refractivity contribution is 7.22. The highest BCUT2D eigenvalue weighted by Crippen LogP contribution is 2.25. The SMILES string of the molecule is C[C@@H](C(=O)Nc1nc2ccccc2s1)N1CCN(c2ccccc2)CC1. The van der Waals surface area contributed by atoms with Crippen LogP contribution in [0.5, 0.6) is 0 Å². The van der Waals surface area contributed by atoms with Crippen LogP contribution >= 0.6 is 11.3 Å². The van der Waals surface area contributed by atoms with Gasteiger partial charge in [0.2, 0.25) is 5.91 Å². The van der Waals surface area contributed by atoms with E-state index in [-0.39, 0.29) is 11.9 Å². The fourth-order valence-corrected chi connectivity index (χ4v) is 4.18. The minimum absolute atomic E-state index is 0.0113. The summed E-state index contributed by atoms with van der Waals surface area (Å²) in [6, 6.07) is 18.2. The zero-order valence-electron chi connectivity index (χ0n) is 14.8. The quantitative estimate of drug-likeness (QED) is 0.768. The summed E-state index contributed by atoms with van der Waals surface area (Å²) in [5.74, 6) is 0.0113. The maximum atomic E-state index is 12.6. The first-order valence-corrected chi connectivity index (χ1v) is 9.73. The molecule has 1 fully saturated rings. The molecule has 1 amide bonds. The van der Waals surface area contributed by atoms with Crippen LogP contribution in [0.4, 0.5) is 10.8 Å². The van der Waals surface area contributed by atoms with Crippen LogP contribution in [-0.2, 0) is 4.79 Å². The van der Waals surface area contributed by atoms with Gasteiger partial charge in [0.15, 0.2) is 5.13 Å². The summed E-state index contributed by atoms with van der Waals surface area (Å²) in [6.45, 7) is 5.60. The second-order valence-electron chi connectivity index (χ2n) is 6.51. The van der Waals surface area contributed by atoms with Gasteiger partial charge >= 0.3 is 0 Å². The van der Waals surface area contributed by atoms with E-state index in [4.69, 9.17) is 0 Å². The standard InChI is InChI=1S/C20H22N4OS/c1-15(19(25)22-20-21-17-9-5-6-10-18(17)26-20)23-11-13-24(14-12-23)16-7-3-2-4-8-16/h2-10,15H,11-14H2,1H3,(H,21,22,25)/t15-/m0/s1. The Morgan fingerprint density at radius 2 is 1.73 bits per heavy atom. The van der Waals surface area contributed by atoms with Gasteiger partial charge < -0.3 is 10.2 Å². The summed E-state index contributed by atoms with van der Waals surface area (Å²) in [7, 11) is 0. The van der Waals surface area contributed by atoms with Gasteiger partial charge in [-0.25, -0.2) is 4.98 Å². The predicted octanol–water partition coefficient (Wildman–Crippen LogP) is 3.45. The van der Waals surface area contributed by atoms with Crippen molar-refractivity contribution in [2.24, 2.45) is 0 Å². The molecule has 1 saturated heterocycles. The molecule has 2 aromatic carbocycles. The first kappa shape index (κ1) is 17.0. The summed E-state index contributed by atoms with van der Waals surface area (Å²) in [5, 5.41) is 3.66. The number of carbonyl (C=O) groups is 1. The topological polar surface area (TPSA) is 48.5 Å². The third-order valence-electron chi connectivity index (χ3n) is 4.89. The minimum atomic E-state index is -0.167. The number of carbonyl (C=O) groups excluding carboxylic acids is 1. The molecule has 3 aromatic rings. The minimum Gasteiger partial charge on any atom is -0.369 e. The van der Waals surface area contributed by atoms with Crippen LogP contribution in [0.1, 0.15) is 6.92 Å². The average Bonchev–Trinajstić information content (AvgIpc) is 3.10. The largest absolute Gasteiger partial charge is 0.369 e. The van der Waals surface area contributed by atoms with Gasteiger partial charge in [0.05, 0.1) is 16.3 Å². The number of thiazole rings is 1. The Labute approximate surface area is 157 Å². The molecule has 1 aromatic heterocycles. The van der Waals surface area contributed by atoms with Crippen molar-refractivity contribution in [3.05, 3.63) is 54.6 Å². The molecule has 6 heteroatoms. The van der Waals surface area contributed by atoms with Crippen LogP contribution in [-0.4, -0.2) is 48.0 Å². The number of nitrogens with one attached hydrogen (secondary N) is 1. The monoisotopic (exact) mass is 366 g/mol. The Bertz CT molecular complexity index is 854. The van der Waals surface area contributed by atoms with Crippen LogP contribution in [0, 0.1) is 0 Å². The van der Waals surface area contributed by atoms with Crippen molar-refractivity contribution in [3.63, 3.8) is 0 Å². The van der Waals surface area contributed by atoms with E-state index in [1.807, 2.05) is 37.3 Å². The summed E-state index contributed by atoms with van der Waals surface area (Å²) in [6.07, 6.45) is 0. The van der Waals surface area contributed by atoms with Crippen LogP contribution in [0.2, 0.25) is 0 Å². The van der Waals surface area contributed by atoms with E-state index in [2.05, 4.69) is 44.4 Å². The fraction of sp³-hybridized carbons (Fsp3) is 0.300. The lowest BCUT2D eigenvalue weighted by molar-refractivity contribution is -0.120. The highest BCUT2D eigenvalue weighted by atomic mass is 32.1. The number of hydrogen-bond donors (Lipinski definition) is 1. The second kappa shape index (κ2) is 7.43. The zero-order chi connectivity index (χ0) is 17.9. The molecule has 2 heterocycles. The first-order chi connectivity index (χ1) is 12.7. The van der Waals surface area contributed by atoms with Crippen molar-refractivity contribution in [1.29, 1.82) is 0 Å². The first-order valence-electron chi connectivity index (χ1n) is 8.91. The number of para-hydroxylation sites is 2. The third kappa shape index (κ3) is 3.57.